The Morgan fingerprint density at radius 1 is 1.43 bits per heavy atom. The summed E-state index contributed by atoms with van der Waals surface area (Å²) >= 11 is 5.91. The molecule has 0 radical (unpaired) electrons. The number of fused-ring (bicyclic) bond motifs is 1. The first-order valence-electron chi connectivity index (χ1n) is 6.66. The average molecular weight is 319 g/mol. The molecule has 0 aromatic heterocycles. The van der Waals surface area contributed by atoms with E-state index in [1.165, 1.54) is 19.9 Å². The van der Waals surface area contributed by atoms with Crippen LogP contribution in [0.5, 0.6) is 5.75 Å². The standard InChI is InChI=1S/C15H17ClF2O3/c1-14(2,7-12(19)20)8-15(17,18)11-6-10(16)5-9-3-4-21-13(9)11/h5-6H,3-4,7-8H2,1-2H3,(H,19,20). The van der Waals surface area contributed by atoms with Gasteiger partial charge in [0, 0.05) is 17.9 Å². The van der Waals surface area contributed by atoms with Gasteiger partial charge in [0.15, 0.2) is 0 Å². The molecule has 0 saturated carbocycles. The topological polar surface area (TPSA) is 46.5 Å². The maximum Gasteiger partial charge on any atom is 0.303 e. The van der Waals surface area contributed by atoms with Gasteiger partial charge in [0.1, 0.15) is 5.75 Å². The van der Waals surface area contributed by atoms with Gasteiger partial charge in [-0.05, 0) is 23.1 Å². The Bertz CT molecular complexity index is 570. The largest absolute Gasteiger partial charge is 0.492 e. The molecular weight excluding hydrogens is 302 g/mol. The average Bonchev–Trinajstić information content (AvgIpc) is 2.71. The summed E-state index contributed by atoms with van der Waals surface area (Å²) in [4.78, 5) is 10.8. The van der Waals surface area contributed by atoms with E-state index in [4.69, 9.17) is 21.4 Å². The van der Waals surface area contributed by atoms with E-state index in [-0.39, 0.29) is 22.8 Å². The van der Waals surface area contributed by atoms with Crippen LogP contribution < -0.4 is 4.74 Å². The predicted octanol–water partition coefficient (Wildman–Crippen LogP) is 4.26. The molecule has 116 valence electrons. The van der Waals surface area contributed by atoms with Gasteiger partial charge in [-0.3, -0.25) is 4.79 Å². The van der Waals surface area contributed by atoms with Crippen LogP contribution in [-0.4, -0.2) is 17.7 Å². The van der Waals surface area contributed by atoms with Crippen molar-refractivity contribution >= 4 is 17.6 Å². The zero-order chi connectivity index (χ0) is 15.8. The van der Waals surface area contributed by atoms with Crippen LogP contribution >= 0.6 is 11.6 Å². The van der Waals surface area contributed by atoms with Crippen LogP contribution in [0.25, 0.3) is 0 Å². The molecule has 1 aromatic rings. The van der Waals surface area contributed by atoms with Gasteiger partial charge in [-0.25, -0.2) is 8.78 Å². The number of ether oxygens (including phenoxy) is 1. The molecule has 0 saturated heterocycles. The molecular formula is C15H17ClF2O3. The molecule has 2 rings (SSSR count). The van der Waals surface area contributed by atoms with Crippen molar-refractivity contribution in [3.8, 4) is 5.75 Å². The van der Waals surface area contributed by atoms with E-state index in [9.17, 15) is 13.6 Å². The fourth-order valence-electron chi connectivity index (χ4n) is 2.71. The van der Waals surface area contributed by atoms with Crippen LogP contribution in [0.4, 0.5) is 8.78 Å². The molecule has 1 aliphatic heterocycles. The molecule has 1 aliphatic rings. The van der Waals surface area contributed by atoms with Crippen molar-refractivity contribution in [2.24, 2.45) is 5.41 Å². The van der Waals surface area contributed by atoms with E-state index in [0.717, 1.165) is 0 Å². The summed E-state index contributed by atoms with van der Waals surface area (Å²) in [6.07, 6.45) is -0.355. The number of rotatable bonds is 5. The van der Waals surface area contributed by atoms with Gasteiger partial charge in [0.2, 0.25) is 0 Å². The van der Waals surface area contributed by atoms with E-state index in [2.05, 4.69) is 0 Å². The monoisotopic (exact) mass is 318 g/mol. The van der Waals surface area contributed by atoms with E-state index >= 15 is 0 Å². The third kappa shape index (κ3) is 3.64. The predicted molar refractivity (Wildman–Crippen MR) is 75.2 cm³/mol. The molecule has 1 heterocycles. The van der Waals surface area contributed by atoms with Gasteiger partial charge < -0.3 is 9.84 Å². The first kappa shape index (κ1) is 16.0. The van der Waals surface area contributed by atoms with Crippen molar-refractivity contribution in [1.29, 1.82) is 0 Å². The summed E-state index contributed by atoms with van der Waals surface area (Å²) in [5.74, 6) is -4.10. The second-order valence-electron chi connectivity index (χ2n) is 6.16. The van der Waals surface area contributed by atoms with Gasteiger partial charge >= 0.3 is 5.97 Å². The summed E-state index contributed by atoms with van der Waals surface area (Å²) in [5.41, 5.74) is -0.613. The second kappa shape index (κ2) is 5.44. The first-order chi connectivity index (χ1) is 9.61. The molecule has 1 N–H and O–H groups in total. The van der Waals surface area contributed by atoms with Gasteiger partial charge in [-0.15, -0.1) is 0 Å². The normalized spacial score (nSPS) is 14.7. The van der Waals surface area contributed by atoms with E-state index < -0.39 is 23.7 Å². The molecule has 0 atom stereocenters. The smallest absolute Gasteiger partial charge is 0.303 e. The lowest BCUT2D eigenvalue weighted by atomic mass is 9.81. The van der Waals surface area contributed by atoms with Crippen molar-refractivity contribution in [3.63, 3.8) is 0 Å². The molecule has 6 heteroatoms. The zero-order valence-electron chi connectivity index (χ0n) is 11.9. The number of carboxylic acids is 1. The Balaban J connectivity index is 2.34. The molecule has 3 nitrogen and oxygen atoms in total. The quantitative estimate of drug-likeness (QED) is 0.882. The van der Waals surface area contributed by atoms with Gasteiger partial charge in [-0.2, -0.15) is 0 Å². The minimum Gasteiger partial charge on any atom is -0.492 e. The lowest BCUT2D eigenvalue weighted by Gasteiger charge is -2.29. The van der Waals surface area contributed by atoms with E-state index in [0.29, 0.717) is 18.6 Å². The molecule has 21 heavy (non-hydrogen) atoms. The molecule has 0 spiro atoms. The fraction of sp³-hybridized carbons (Fsp3) is 0.533. The number of carbonyl (C=O) groups is 1. The van der Waals surface area contributed by atoms with Crippen LogP contribution in [0.3, 0.4) is 0 Å². The van der Waals surface area contributed by atoms with E-state index in [1.807, 2.05) is 0 Å². The molecule has 0 aliphatic carbocycles. The van der Waals surface area contributed by atoms with Crippen molar-refractivity contribution in [2.45, 2.75) is 39.0 Å². The summed E-state index contributed by atoms with van der Waals surface area (Å²) < 4.78 is 34.5. The number of hydrogen-bond donors (Lipinski definition) is 1. The first-order valence-corrected chi connectivity index (χ1v) is 7.04. The summed E-state index contributed by atoms with van der Waals surface area (Å²) in [6.45, 7) is 3.39. The minimum atomic E-state index is -3.20. The Morgan fingerprint density at radius 3 is 2.71 bits per heavy atom. The van der Waals surface area contributed by atoms with Crippen molar-refractivity contribution in [1.82, 2.24) is 0 Å². The molecule has 0 fully saturated rings. The highest BCUT2D eigenvalue weighted by atomic mass is 35.5. The number of aliphatic carboxylic acids is 1. The Morgan fingerprint density at radius 2 is 2.10 bits per heavy atom. The number of hydrogen-bond acceptors (Lipinski definition) is 2. The maximum absolute atomic E-state index is 14.6. The lowest BCUT2D eigenvalue weighted by molar-refractivity contribution is -0.140. The Hall–Kier alpha value is -1.36. The van der Waals surface area contributed by atoms with Crippen LogP contribution in [0, 0.1) is 5.41 Å². The molecule has 0 amide bonds. The van der Waals surface area contributed by atoms with Crippen LogP contribution in [0.2, 0.25) is 5.02 Å². The highest BCUT2D eigenvalue weighted by molar-refractivity contribution is 6.30. The maximum atomic E-state index is 14.6. The van der Waals surface area contributed by atoms with Crippen LogP contribution in [0.1, 0.15) is 37.8 Å². The molecule has 0 bridgehead atoms. The second-order valence-corrected chi connectivity index (χ2v) is 6.59. The Labute approximate surface area is 126 Å². The van der Waals surface area contributed by atoms with Crippen LogP contribution in [0.15, 0.2) is 12.1 Å². The van der Waals surface area contributed by atoms with Crippen molar-refractivity contribution < 1.29 is 23.4 Å². The highest BCUT2D eigenvalue weighted by Crippen LogP contribution is 2.47. The number of carboxylic acid groups (broad SMARTS) is 1. The lowest BCUT2D eigenvalue weighted by Crippen LogP contribution is -2.27. The number of halogens is 3. The van der Waals surface area contributed by atoms with Crippen molar-refractivity contribution in [3.05, 3.63) is 28.3 Å². The summed E-state index contributed by atoms with van der Waals surface area (Å²) in [5, 5.41) is 9.07. The Kier molecular flexibility index (Phi) is 4.15. The molecule has 1 aromatic carbocycles. The number of benzene rings is 1. The summed E-state index contributed by atoms with van der Waals surface area (Å²) in [6, 6.07) is 2.84. The zero-order valence-corrected chi connectivity index (χ0v) is 12.6. The van der Waals surface area contributed by atoms with Gasteiger partial charge in [0.25, 0.3) is 5.92 Å². The van der Waals surface area contributed by atoms with Crippen LogP contribution in [-0.2, 0) is 17.1 Å². The van der Waals surface area contributed by atoms with E-state index in [1.54, 1.807) is 6.07 Å². The molecule has 0 unspecified atom stereocenters. The van der Waals surface area contributed by atoms with Crippen molar-refractivity contribution in [2.75, 3.05) is 6.61 Å². The SMILES string of the molecule is CC(C)(CC(=O)O)CC(F)(F)c1cc(Cl)cc2c1OCC2. The number of alkyl halides is 2. The van der Waals surface area contributed by atoms with Gasteiger partial charge in [0.05, 0.1) is 18.6 Å². The van der Waals surface area contributed by atoms with Gasteiger partial charge in [-0.1, -0.05) is 25.4 Å². The fourth-order valence-corrected chi connectivity index (χ4v) is 2.95. The minimum absolute atomic E-state index is 0.190. The third-order valence-electron chi connectivity index (χ3n) is 3.47. The third-order valence-corrected chi connectivity index (χ3v) is 3.69. The summed E-state index contributed by atoms with van der Waals surface area (Å²) in [7, 11) is 0. The highest BCUT2D eigenvalue weighted by Gasteiger charge is 2.42.